The Hall–Kier alpha value is -1.56. The van der Waals surface area contributed by atoms with Gasteiger partial charge in [0.15, 0.2) is 0 Å². The summed E-state index contributed by atoms with van der Waals surface area (Å²) in [6.07, 6.45) is -2.29. The van der Waals surface area contributed by atoms with E-state index in [0.29, 0.717) is 11.0 Å². The topological polar surface area (TPSA) is 40.7 Å². The number of aromatic nitrogens is 2. The Balaban J connectivity index is 2.01. The highest BCUT2D eigenvalue weighted by Crippen LogP contribution is 2.31. The number of fused-ring (bicyclic) bond motifs is 1. The number of alkyl halides is 3. The number of hydrogen-bond donors (Lipinski definition) is 2. The van der Waals surface area contributed by atoms with Crippen molar-refractivity contribution >= 4 is 11.0 Å². The van der Waals surface area contributed by atoms with Crippen LogP contribution in [0, 0.1) is 0 Å². The van der Waals surface area contributed by atoms with Gasteiger partial charge in [-0.2, -0.15) is 13.2 Å². The van der Waals surface area contributed by atoms with Gasteiger partial charge in [0.05, 0.1) is 22.6 Å². The molecule has 6 heteroatoms. The lowest BCUT2D eigenvalue weighted by atomic mass is 10.2. The standard InChI is InChI=1S/C12H12F3N3/c13-12(14,15)7-3-4-8-10(6-7)18-11(17-8)9-2-1-5-16-9/h3-4,6,9,16H,1-2,5H2,(H,17,18)/t9-/m1/s1. The molecule has 2 heterocycles. The van der Waals surface area contributed by atoms with Gasteiger partial charge in [0.2, 0.25) is 0 Å². The number of H-pyrrole nitrogens is 1. The summed E-state index contributed by atoms with van der Waals surface area (Å²) in [6, 6.07) is 3.72. The minimum atomic E-state index is -4.31. The number of imidazole rings is 1. The van der Waals surface area contributed by atoms with Gasteiger partial charge in [0, 0.05) is 0 Å². The molecule has 0 radical (unpaired) electrons. The molecule has 1 aliphatic heterocycles. The lowest BCUT2D eigenvalue weighted by Crippen LogP contribution is -2.13. The number of halogens is 3. The minimum absolute atomic E-state index is 0.131. The Morgan fingerprint density at radius 2 is 2.11 bits per heavy atom. The summed E-state index contributed by atoms with van der Waals surface area (Å²) in [7, 11) is 0. The Morgan fingerprint density at radius 3 is 2.78 bits per heavy atom. The van der Waals surface area contributed by atoms with Crippen LogP contribution in [0.3, 0.4) is 0 Å². The van der Waals surface area contributed by atoms with Crippen molar-refractivity contribution in [2.75, 3.05) is 6.54 Å². The summed E-state index contributed by atoms with van der Waals surface area (Å²) in [6.45, 7) is 0.926. The molecule has 0 unspecified atom stereocenters. The van der Waals surface area contributed by atoms with Crippen LogP contribution in [0.2, 0.25) is 0 Å². The molecule has 96 valence electrons. The van der Waals surface area contributed by atoms with Gasteiger partial charge < -0.3 is 10.3 Å². The normalized spacial score (nSPS) is 20.7. The van der Waals surface area contributed by atoms with Crippen LogP contribution in [0.5, 0.6) is 0 Å². The molecule has 0 aliphatic carbocycles. The second-order valence-corrected chi connectivity index (χ2v) is 4.50. The van der Waals surface area contributed by atoms with Gasteiger partial charge in [0.25, 0.3) is 0 Å². The highest BCUT2D eigenvalue weighted by atomic mass is 19.4. The number of hydrogen-bond acceptors (Lipinski definition) is 2. The molecule has 2 aromatic rings. The second kappa shape index (κ2) is 3.98. The van der Waals surface area contributed by atoms with Crippen molar-refractivity contribution in [1.82, 2.24) is 15.3 Å². The summed E-state index contributed by atoms with van der Waals surface area (Å²) in [5, 5.41) is 3.26. The van der Waals surface area contributed by atoms with Gasteiger partial charge in [-0.25, -0.2) is 4.98 Å². The highest BCUT2D eigenvalue weighted by Gasteiger charge is 2.31. The van der Waals surface area contributed by atoms with Crippen molar-refractivity contribution in [3.63, 3.8) is 0 Å². The van der Waals surface area contributed by atoms with Crippen molar-refractivity contribution in [2.45, 2.75) is 25.1 Å². The fourth-order valence-corrected chi connectivity index (χ4v) is 2.29. The summed E-state index contributed by atoms with van der Waals surface area (Å²) < 4.78 is 37.7. The number of nitrogens with one attached hydrogen (secondary N) is 2. The Bertz CT molecular complexity index is 567. The van der Waals surface area contributed by atoms with E-state index >= 15 is 0 Å². The van der Waals surface area contributed by atoms with Crippen LogP contribution in [0.4, 0.5) is 13.2 Å². The van der Waals surface area contributed by atoms with Gasteiger partial charge in [-0.1, -0.05) is 0 Å². The Morgan fingerprint density at radius 1 is 1.28 bits per heavy atom. The van der Waals surface area contributed by atoms with Crippen LogP contribution in [0.1, 0.15) is 30.3 Å². The fraction of sp³-hybridized carbons (Fsp3) is 0.417. The molecule has 2 N–H and O–H groups in total. The van der Waals surface area contributed by atoms with Crippen molar-refractivity contribution in [3.8, 4) is 0 Å². The predicted octanol–water partition coefficient (Wildman–Crippen LogP) is 3.01. The number of rotatable bonds is 1. The zero-order chi connectivity index (χ0) is 12.8. The average molecular weight is 255 g/mol. The van der Waals surface area contributed by atoms with E-state index in [4.69, 9.17) is 0 Å². The van der Waals surface area contributed by atoms with E-state index in [0.717, 1.165) is 37.3 Å². The Kier molecular flexibility index (Phi) is 2.55. The maximum absolute atomic E-state index is 12.6. The quantitative estimate of drug-likeness (QED) is 0.822. The number of nitrogens with zero attached hydrogens (tertiary/aromatic N) is 1. The molecule has 0 bridgehead atoms. The largest absolute Gasteiger partial charge is 0.416 e. The first-order chi connectivity index (χ1) is 8.54. The zero-order valence-electron chi connectivity index (χ0n) is 9.51. The predicted molar refractivity (Wildman–Crippen MR) is 61.1 cm³/mol. The number of benzene rings is 1. The van der Waals surface area contributed by atoms with Crippen LogP contribution in [-0.2, 0) is 6.18 Å². The summed E-state index contributed by atoms with van der Waals surface area (Å²) >= 11 is 0. The van der Waals surface area contributed by atoms with Crippen LogP contribution in [0.15, 0.2) is 18.2 Å². The van der Waals surface area contributed by atoms with Gasteiger partial charge in [0.1, 0.15) is 5.82 Å². The maximum atomic E-state index is 12.6. The third-order valence-corrected chi connectivity index (χ3v) is 3.22. The molecule has 18 heavy (non-hydrogen) atoms. The van der Waals surface area contributed by atoms with Gasteiger partial charge in [-0.15, -0.1) is 0 Å². The molecule has 1 aliphatic rings. The van der Waals surface area contributed by atoms with E-state index in [1.807, 2.05) is 0 Å². The fourth-order valence-electron chi connectivity index (χ4n) is 2.29. The average Bonchev–Trinajstić information content (AvgIpc) is 2.95. The molecule has 1 fully saturated rings. The van der Waals surface area contributed by atoms with Crippen LogP contribution in [-0.4, -0.2) is 16.5 Å². The van der Waals surface area contributed by atoms with E-state index in [-0.39, 0.29) is 6.04 Å². The molecule has 1 aromatic heterocycles. The molecule has 3 nitrogen and oxygen atoms in total. The SMILES string of the molecule is FC(F)(F)c1ccc2nc([C@H]3CCCN3)[nH]c2c1. The molecule has 1 aromatic carbocycles. The Labute approximate surface area is 101 Å². The summed E-state index contributed by atoms with van der Waals surface area (Å²) in [5.74, 6) is 0.724. The van der Waals surface area contributed by atoms with Crippen molar-refractivity contribution in [3.05, 3.63) is 29.6 Å². The van der Waals surface area contributed by atoms with Crippen molar-refractivity contribution in [2.24, 2.45) is 0 Å². The summed E-state index contributed by atoms with van der Waals surface area (Å²) in [5.41, 5.74) is 0.366. The zero-order valence-corrected chi connectivity index (χ0v) is 9.51. The molecule has 0 amide bonds. The third kappa shape index (κ3) is 1.96. The monoisotopic (exact) mass is 255 g/mol. The molecule has 0 saturated carbocycles. The van der Waals surface area contributed by atoms with E-state index in [1.165, 1.54) is 6.07 Å². The molecule has 0 spiro atoms. The van der Waals surface area contributed by atoms with E-state index in [9.17, 15) is 13.2 Å². The second-order valence-electron chi connectivity index (χ2n) is 4.50. The van der Waals surface area contributed by atoms with Crippen LogP contribution < -0.4 is 5.32 Å². The molecule has 1 atom stereocenters. The first kappa shape index (κ1) is 11.5. The smallest absolute Gasteiger partial charge is 0.341 e. The van der Waals surface area contributed by atoms with Crippen molar-refractivity contribution in [1.29, 1.82) is 0 Å². The van der Waals surface area contributed by atoms with Crippen LogP contribution >= 0.6 is 0 Å². The van der Waals surface area contributed by atoms with Gasteiger partial charge in [-0.3, -0.25) is 0 Å². The van der Waals surface area contributed by atoms with Crippen LogP contribution in [0.25, 0.3) is 11.0 Å². The highest BCUT2D eigenvalue weighted by molar-refractivity contribution is 5.76. The molecular weight excluding hydrogens is 243 g/mol. The maximum Gasteiger partial charge on any atom is 0.416 e. The van der Waals surface area contributed by atoms with E-state index < -0.39 is 11.7 Å². The van der Waals surface area contributed by atoms with Gasteiger partial charge >= 0.3 is 6.18 Å². The molecular formula is C12H12F3N3. The lowest BCUT2D eigenvalue weighted by molar-refractivity contribution is -0.137. The third-order valence-electron chi connectivity index (χ3n) is 3.22. The first-order valence-electron chi connectivity index (χ1n) is 5.84. The van der Waals surface area contributed by atoms with Gasteiger partial charge in [-0.05, 0) is 37.6 Å². The lowest BCUT2D eigenvalue weighted by Gasteiger charge is -2.05. The summed E-state index contributed by atoms with van der Waals surface area (Å²) in [4.78, 5) is 7.31. The number of aromatic amines is 1. The van der Waals surface area contributed by atoms with E-state index in [2.05, 4.69) is 15.3 Å². The van der Waals surface area contributed by atoms with Crippen molar-refractivity contribution < 1.29 is 13.2 Å². The first-order valence-corrected chi connectivity index (χ1v) is 5.84. The minimum Gasteiger partial charge on any atom is -0.341 e. The molecule has 3 rings (SSSR count). The molecule has 1 saturated heterocycles. The van der Waals surface area contributed by atoms with E-state index in [1.54, 1.807) is 0 Å².